The van der Waals surface area contributed by atoms with Gasteiger partial charge in [-0.25, -0.2) is 4.79 Å². The van der Waals surface area contributed by atoms with E-state index >= 15 is 0 Å². The van der Waals surface area contributed by atoms with Crippen LogP contribution in [-0.4, -0.2) is 55.1 Å². The molecule has 0 bridgehead atoms. The average Bonchev–Trinajstić information content (AvgIpc) is 2.91. The van der Waals surface area contributed by atoms with E-state index in [0.29, 0.717) is 12.0 Å². The third-order valence-corrected chi connectivity index (χ3v) is 5.65. The largest absolute Gasteiger partial charge is 0.325 e. The van der Waals surface area contributed by atoms with Crippen LogP contribution in [0.5, 0.6) is 0 Å². The molecule has 0 aliphatic carbocycles. The van der Waals surface area contributed by atoms with Crippen molar-refractivity contribution in [2.45, 2.75) is 44.6 Å². The molecule has 4 nitrogen and oxygen atoms in total. The first-order valence-electron chi connectivity index (χ1n) is 9.50. The van der Waals surface area contributed by atoms with Gasteiger partial charge in [0, 0.05) is 26.2 Å². The second kappa shape index (κ2) is 8.52. The summed E-state index contributed by atoms with van der Waals surface area (Å²) in [6.45, 7) is 3.93. The highest BCUT2D eigenvalue weighted by Gasteiger charge is 2.28. The molecule has 2 fully saturated rings. The summed E-state index contributed by atoms with van der Waals surface area (Å²) in [4.78, 5) is 16.9. The van der Waals surface area contributed by atoms with Crippen LogP contribution in [0.2, 0.25) is 0 Å². The molecule has 132 valence electrons. The van der Waals surface area contributed by atoms with Gasteiger partial charge in [0.1, 0.15) is 0 Å². The van der Waals surface area contributed by atoms with Crippen molar-refractivity contribution in [1.29, 1.82) is 0 Å². The summed E-state index contributed by atoms with van der Waals surface area (Å²) in [7, 11) is 1.99. The molecule has 24 heavy (non-hydrogen) atoms. The van der Waals surface area contributed by atoms with Gasteiger partial charge in [0.25, 0.3) is 0 Å². The second-order valence-corrected chi connectivity index (χ2v) is 7.35. The quantitative estimate of drug-likeness (QED) is 0.925. The minimum Gasteiger partial charge on any atom is -0.325 e. The Kier molecular flexibility index (Phi) is 6.13. The number of carbonyl (C=O) groups excluding carboxylic acids is 1. The molecule has 3 rings (SSSR count). The number of carbonyl (C=O) groups is 1. The third-order valence-electron chi connectivity index (χ3n) is 5.65. The van der Waals surface area contributed by atoms with E-state index < -0.39 is 0 Å². The summed E-state index contributed by atoms with van der Waals surface area (Å²) < 4.78 is 0. The third kappa shape index (κ3) is 4.50. The van der Waals surface area contributed by atoms with Crippen molar-refractivity contribution in [2.24, 2.45) is 5.92 Å². The van der Waals surface area contributed by atoms with Crippen LogP contribution in [0.15, 0.2) is 30.3 Å². The van der Waals surface area contributed by atoms with Crippen molar-refractivity contribution in [3.8, 4) is 0 Å². The van der Waals surface area contributed by atoms with E-state index in [9.17, 15) is 4.79 Å². The summed E-state index contributed by atoms with van der Waals surface area (Å²) in [5, 5.41) is 3.43. The predicted octanol–water partition coefficient (Wildman–Crippen LogP) is 3.14. The number of hydrogen-bond donors (Lipinski definition) is 1. The number of nitrogens with one attached hydrogen (secondary N) is 1. The lowest BCUT2D eigenvalue weighted by Gasteiger charge is -2.37. The molecule has 4 heteroatoms. The number of hydrogen-bond acceptors (Lipinski definition) is 2. The molecule has 2 amide bonds. The van der Waals surface area contributed by atoms with E-state index in [1.807, 2.05) is 11.9 Å². The number of rotatable bonds is 3. The molecule has 2 saturated heterocycles. The zero-order valence-corrected chi connectivity index (χ0v) is 14.9. The van der Waals surface area contributed by atoms with Crippen LogP contribution in [-0.2, 0) is 6.42 Å². The first-order valence-corrected chi connectivity index (χ1v) is 9.50. The van der Waals surface area contributed by atoms with Crippen LogP contribution in [0, 0.1) is 5.92 Å². The van der Waals surface area contributed by atoms with Crippen LogP contribution in [0.1, 0.15) is 37.7 Å². The van der Waals surface area contributed by atoms with Crippen molar-refractivity contribution in [2.75, 3.05) is 33.2 Å². The number of nitrogens with zero attached hydrogens (tertiary/aromatic N) is 2. The molecule has 1 N–H and O–H groups in total. The maximum atomic E-state index is 12.8. The highest BCUT2D eigenvalue weighted by molar-refractivity contribution is 5.74. The monoisotopic (exact) mass is 329 g/mol. The fourth-order valence-electron chi connectivity index (χ4n) is 4.04. The van der Waals surface area contributed by atoms with Crippen LogP contribution in [0.25, 0.3) is 0 Å². The Bertz CT molecular complexity index is 503. The molecule has 0 spiro atoms. The zero-order valence-electron chi connectivity index (χ0n) is 14.9. The van der Waals surface area contributed by atoms with Crippen LogP contribution < -0.4 is 5.32 Å². The fraction of sp³-hybridized carbons (Fsp3) is 0.650. The first kappa shape index (κ1) is 17.3. The maximum Gasteiger partial charge on any atom is 0.319 e. The van der Waals surface area contributed by atoms with E-state index in [1.54, 1.807) is 0 Å². The molecule has 1 aromatic rings. The molecule has 1 atom stereocenters. The Labute approximate surface area is 146 Å². The molecule has 1 unspecified atom stereocenters. The van der Waals surface area contributed by atoms with Crippen molar-refractivity contribution < 1.29 is 4.79 Å². The SMILES string of the molecule is CN(C(=O)N1CCC(Cc2ccccc2)CC1)C1CCCNCC1. The van der Waals surface area contributed by atoms with Crippen molar-refractivity contribution >= 4 is 6.03 Å². The standard InChI is InChI=1S/C20H31N3O/c1-22(19-8-5-12-21-13-9-19)20(24)23-14-10-18(11-15-23)16-17-6-3-2-4-7-17/h2-4,6-7,18-19,21H,5,8-16H2,1H3. The summed E-state index contributed by atoms with van der Waals surface area (Å²) in [6.07, 6.45) is 6.77. The highest BCUT2D eigenvalue weighted by Crippen LogP contribution is 2.23. The maximum absolute atomic E-state index is 12.8. The Morgan fingerprint density at radius 2 is 1.88 bits per heavy atom. The van der Waals surface area contributed by atoms with E-state index in [0.717, 1.165) is 58.3 Å². The lowest BCUT2D eigenvalue weighted by atomic mass is 9.90. The molecule has 2 aliphatic rings. The van der Waals surface area contributed by atoms with Gasteiger partial charge < -0.3 is 15.1 Å². The number of benzene rings is 1. The Morgan fingerprint density at radius 3 is 2.62 bits per heavy atom. The minimum absolute atomic E-state index is 0.236. The second-order valence-electron chi connectivity index (χ2n) is 7.35. The van der Waals surface area contributed by atoms with Crippen molar-refractivity contribution in [3.63, 3.8) is 0 Å². The highest BCUT2D eigenvalue weighted by atomic mass is 16.2. The minimum atomic E-state index is 0.236. The number of likely N-dealkylation sites (tertiary alicyclic amines) is 1. The number of urea groups is 1. The van der Waals surface area contributed by atoms with Crippen molar-refractivity contribution in [3.05, 3.63) is 35.9 Å². The van der Waals surface area contributed by atoms with Gasteiger partial charge in [0.05, 0.1) is 0 Å². The van der Waals surface area contributed by atoms with Gasteiger partial charge in [-0.1, -0.05) is 30.3 Å². The molecule has 2 heterocycles. The summed E-state index contributed by atoms with van der Waals surface area (Å²) in [5.74, 6) is 0.712. The lowest BCUT2D eigenvalue weighted by molar-refractivity contribution is 0.124. The molecule has 0 aromatic heterocycles. The van der Waals surface area contributed by atoms with Crippen LogP contribution >= 0.6 is 0 Å². The van der Waals surface area contributed by atoms with Gasteiger partial charge in [-0.2, -0.15) is 0 Å². The predicted molar refractivity (Wildman–Crippen MR) is 98.1 cm³/mol. The van der Waals surface area contributed by atoms with Gasteiger partial charge in [-0.3, -0.25) is 0 Å². The number of amides is 2. The van der Waals surface area contributed by atoms with Gasteiger partial charge in [0.15, 0.2) is 0 Å². The molecular formula is C20H31N3O. The lowest BCUT2D eigenvalue weighted by Crippen LogP contribution is -2.49. The topological polar surface area (TPSA) is 35.6 Å². The molecule has 0 saturated carbocycles. The Balaban J connectivity index is 1.47. The Morgan fingerprint density at radius 1 is 1.12 bits per heavy atom. The van der Waals surface area contributed by atoms with E-state index in [4.69, 9.17) is 0 Å². The van der Waals surface area contributed by atoms with E-state index in [1.165, 1.54) is 12.0 Å². The molecular weight excluding hydrogens is 298 g/mol. The van der Waals surface area contributed by atoms with Crippen molar-refractivity contribution in [1.82, 2.24) is 15.1 Å². The van der Waals surface area contributed by atoms with E-state index in [-0.39, 0.29) is 6.03 Å². The van der Waals surface area contributed by atoms with Gasteiger partial charge in [0.2, 0.25) is 0 Å². The normalized spacial score (nSPS) is 22.9. The zero-order chi connectivity index (χ0) is 16.8. The Hall–Kier alpha value is -1.55. The van der Waals surface area contributed by atoms with E-state index in [2.05, 4.69) is 40.5 Å². The molecule has 2 aliphatic heterocycles. The summed E-state index contributed by atoms with van der Waals surface area (Å²) >= 11 is 0. The summed E-state index contributed by atoms with van der Waals surface area (Å²) in [5.41, 5.74) is 1.42. The van der Waals surface area contributed by atoms with Gasteiger partial charge in [-0.05, 0) is 63.1 Å². The number of piperidine rings is 1. The molecule has 1 aromatic carbocycles. The first-order chi connectivity index (χ1) is 11.7. The molecule has 0 radical (unpaired) electrons. The average molecular weight is 329 g/mol. The summed E-state index contributed by atoms with van der Waals surface area (Å²) in [6, 6.07) is 11.4. The van der Waals surface area contributed by atoms with Crippen LogP contribution in [0.4, 0.5) is 4.79 Å². The smallest absolute Gasteiger partial charge is 0.319 e. The van der Waals surface area contributed by atoms with Gasteiger partial charge >= 0.3 is 6.03 Å². The van der Waals surface area contributed by atoms with Gasteiger partial charge in [-0.15, -0.1) is 0 Å². The fourth-order valence-corrected chi connectivity index (χ4v) is 4.04. The van der Waals surface area contributed by atoms with Crippen LogP contribution in [0.3, 0.4) is 0 Å².